The van der Waals surface area contributed by atoms with Crippen LogP contribution in [0.3, 0.4) is 0 Å². The summed E-state index contributed by atoms with van der Waals surface area (Å²) in [6.07, 6.45) is 8.58. The molecule has 12 heterocycles. The molecule has 12 unspecified atom stereocenters. The maximum atomic E-state index is 12.0. The van der Waals surface area contributed by atoms with Gasteiger partial charge in [0.1, 0.15) is 81.0 Å². The van der Waals surface area contributed by atoms with Crippen molar-refractivity contribution in [3.8, 4) is 0 Å². The number of nitrogens with zero attached hydrogens (tertiary/aromatic N) is 12. The van der Waals surface area contributed by atoms with E-state index in [4.69, 9.17) is 67.4 Å². The molecule has 38 nitrogen and oxygen atoms in total. The fourth-order valence-corrected chi connectivity index (χ4v) is 13.0. The van der Waals surface area contributed by atoms with E-state index in [-0.39, 0.29) is 43.2 Å². The van der Waals surface area contributed by atoms with E-state index in [0.29, 0.717) is 66.0 Å². The van der Waals surface area contributed by atoms with Gasteiger partial charge in [-0.2, -0.15) is 0 Å². The standard InChI is InChI=1S/C25H28N6O6.C24H26N6O7.C22H24N6O7/c1-2-26-25(34)30-22-19-23(28-13-27-22)31(14-29-19)24-21-20(16(35-24)9-6-10-17(32)33)36-18(37-21)12-11-15-7-4-3-5-8-15;1-2-25-24(33)29-21-18-22(27-12-26-21)30(13-28-18)23-20-19(15(35-23)10-34-11-16(31)32)36-17(37-20)9-8-14-6-4-3-5-7-14;1-2-23-22(31)27-18-15-19(25-10-24-18)28(11-26-15)20-17-16(13(33-20)8-32-9-14(29)30)34-21(35-17)12-6-4-3-5-7-12/h3-5,7-8,11-14,16,18,20-21,24H,2,6,9-10H2,1H3,(H,32,33)(H2,26,27,28,30,34);3-9,12-13,15,17,19-20,23H,2,10-11H2,1H3,(H,31,32)(H2,25,26,27,29,33);3-7,10-11,13,16-17,20-21H,2,8-9H2,1H3,(H,29,30)(H2,23,24,25,27,31)/b12-11+;9-8+;/t16?,18-,20?,21?,24?;15?,17-,19?,20?,23?;13?,16?,17?,20?,21-/m000/s1. The lowest BCUT2D eigenvalue weighted by atomic mass is 10.0. The zero-order valence-electron chi connectivity index (χ0n) is 58.8. The van der Waals surface area contributed by atoms with E-state index in [9.17, 15) is 28.8 Å². The van der Waals surface area contributed by atoms with Crippen molar-refractivity contribution in [2.75, 3.05) is 62.0 Å². The van der Waals surface area contributed by atoms with E-state index in [1.54, 1.807) is 33.9 Å². The molecule has 9 aromatic rings. The normalized spacial score (nSPS) is 25.1. The number of aliphatic carboxylic acids is 3. The molecule has 0 radical (unpaired) electrons. The van der Waals surface area contributed by atoms with E-state index >= 15 is 0 Å². The van der Waals surface area contributed by atoms with Gasteiger partial charge < -0.3 is 83.4 Å². The topological polar surface area (TPSA) is 468 Å². The number of amides is 6. The van der Waals surface area contributed by atoms with Crippen molar-refractivity contribution >= 4 is 99.1 Å². The van der Waals surface area contributed by atoms with Crippen molar-refractivity contribution in [3.63, 3.8) is 0 Å². The number of hydrogen-bond donors (Lipinski definition) is 9. The highest BCUT2D eigenvalue weighted by Crippen LogP contribution is 2.47. The van der Waals surface area contributed by atoms with Crippen LogP contribution in [0.25, 0.3) is 45.6 Å². The number of ether oxygens (including phenoxy) is 11. The lowest BCUT2D eigenvalue weighted by Gasteiger charge is -2.21. The van der Waals surface area contributed by atoms with Gasteiger partial charge in [-0.15, -0.1) is 0 Å². The molecule has 6 aliphatic heterocycles. The third kappa shape index (κ3) is 18.1. The molecule has 6 fully saturated rings. The summed E-state index contributed by atoms with van der Waals surface area (Å²) in [7, 11) is 0. The van der Waals surface area contributed by atoms with Gasteiger partial charge >= 0.3 is 36.0 Å². The molecular formula is C71H78N18O20. The molecule has 0 spiro atoms. The van der Waals surface area contributed by atoms with E-state index in [1.807, 2.05) is 122 Å². The fraction of sp³-hybridized carbons (Fsp3) is 0.394. The van der Waals surface area contributed by atoms with Crippen LogP contribution in [0, 0.1) is 0 Å². The lowest BCUT2D eigenvalue weighted by Crippen LogP contribution is -2.32. The first-order valence-corrected chi connectivity index (χ1v) is 35.0. The van der Waals surface area contributed by atoms with Crippen molar-refractivity contribution in [2.24, 2.45) is 0 Å². The molecule has 6 amide bonds. The molecule has 6 saturated heterocycles. The van der Waals surface area contributed by atoms with Crippen LogP contribution in [-0.2, 0) is 66.5 Å². The molecule has 38 heteroatoms. The average Bonchev–Trinajstić information content (AvgIpc) is 1.61. The van der Waals surface area contributed by atoms with Crippen LogP contribution >= 0.6 is 0 Å². The van der Waals surface area contributed by atoms with E-state index < -0.39 is 136 Å². The molecule has 109 heavy (non-hydrogen) atoms. The predicted octanol–water partition coefficient (Wildman–Crippen LogP) is 6.18. The number of anilines is 3. The number of rotatable bonds is 26. The summed E-state index contributed by atoms with van der Waals surface area (Å²) in [6.45, 7) is 5.88. The van der Waals surface area contributed by atoms with Crippen LogP contribution in [0.2, 0.25) is 0 Å². The van der Waals surface area contributed by atoms with Crippen molar-refractivity contribution < 1.29 is 96.2 Å². The van der Waals surface area contributed by atoms with Crippen molar-refractivity contribution in [2.45, 2.75) is 133 Å². The van der Waals surface area contributed by atoms with Crippen LogP contribution in [0.15, 0.2) is 141 Å². The number of nitrogens with one attached hydrogen (secondary N) is 6. The molecule has 0 bridgehead atoms. The zero-order chi connectivity index (χ0) is 75.9. The number of aromatic nitrogens is 12. The lowest BCUT2D eigenvalue weighted by molar-refractivity contribution is -0.161. The smallest absolute Gasteiger partial charge is 0.329 e. The van der Waals surface area contributed by atoms with Crippen LogP contribution in [0.1, 0.15) is 81.7 Å². The Hall–Kier alpha value is -11.4. The maximum absolute atomic E-state index is 12.0. The largest absolute Gasteiger partial charge is 0.481 e. The fourth-order valence-electron chi connectivity index (χ4n) is 13.0. The Kier molecular flexibility index (Phi) is 24.7. The Bertz CT molecular complexity index is 4500. The van der Waals surface area contributed by atoms with E-state index in [2.05, 4.69) is 76.8 Å². The van der Waals surface area contributed by atoms with Crippen LogP contribution in [-0.4, -0.2) is 223 Å². The minimum Gasteiger partial charge on any atom is -0.481 e. The molecule has 15 rings (SSSR count). The number of hydrogen-bond acceptors (Lipinski definition) is 26. The monoisotopic (exact) mass is 1500 g/mol. The molecule has 6 aromatic heterocycles. The number of benzene rings is 3. The van der Waals surface area contributed by atoms with Crippen LogP contribution < -0.4 is 31.9 Å². The second-order valence-electron chi connectivity index (χ2n) is 25.0. The highest BCUT2D eigenvalue weighted by atomic mass is 16.8. The maximum Gasteiger partial charge on any atom is 0.329 e. The Balaban J connectivity index is 0.000000144. The first-order chi connectivity index (χ1) is 53.1. The number of fused-ring (bicyclic) bond motifs is 6. The van der Waals surface area contributed by atoms with Crippen molar-refractivity contribution in [1.82, 2.24) is 74.5 Å². The SMILES string of the molecule is CCNC(=O)Nc1ncnc2c1ncn2C1OC(CCCC(=O)O)C2O[C@H](/C=C/c3ccccc3)OC21.CCNC(=O)Nc1ncnc2c1ncn2C1OC(COCC(=O)O)C2O[C@H](/C=C/c3ccccc3)OC21.CCNC(=O)Nc1ncnc2c1ncn2C1OC(COCC(=O)O)C2O[C@H](c3ccccc3)OC21. The Morgan fingerprint density at radius 3 is 1.18 bits per heavy atom. The Morgan fingerprint density at radius 1 is 0.431 bits per heavy atom. The summed E-state index contributed by atoms with van der Waals surface area (Å²) in [6, 6.07) is 27.8. The first kappa shape index (κ1) is 75.8. The summed E-state index contributed by atoms with van der Waals surface area (Å²) in [4.78, 5) is 108. The number of carbonyl (C=O) groups is 6. The average molecular weight is 1500 g/mol. The minimum atomic E-state index is -1.08. The van der Waals surface area contributed by atoms with Crippen LogP contribution in [0.4, 0.5) is 31.8 Å². The molecule has 0 aliphatic carbocycles. The van der Waals surface area contributed by atoms with Gasteiger partial charge in [-0.3, -0.25) is 34.4 Å². The van der Waals surface area contributed by atoms with Gasteiger partial charge in [0.25, 0.3) is 0 Å². The third-order valence-corrected chi connectivity index (χ3v) is 17.6. The summed E-state index contributed by atoms with van der Waals surface area (Å²) in [5.74, 6) is -2.24. The van der Waals surface area contributed by atoms with Gasteiger partial charge in [-0.05, 0) is 56.9 Å². The van der Waals surface area contributed by atoms with Crippen molar-refractivity contribution in [3.05, 3.63) is 158 Å². The van der Waals surface area contributed by atoms with Crippen molar-refractivity contribution in [1.29, 1.82) is 0 Å². The summed E-state index contributed by atoms with van der Waals surface area (Å²) in [5.41, 5.74) is 5.32. The van der Waals surface area contributed by atoms with E-state index in [0.717, 1.165) is 16.7 Å². The molecule has 3 aromatic carbocycles. The predicted molar refractivity (Wildman–Crippen MR) is 381 cm³/mol. The summed E-state index contributed by atoms with van der Waals surface area (Å²) in [5, 5.41) is 42.9. The number of carbonyl (C=O) groups excluding carboxylic acids is 3. The number of carboxylic acids is 3. The molecular weight excluding hydrogens is 1420 g/mol. The molecule has 572 valence electrons. The minimum absolute atomic E-state index is 0.000441. The highest BCUT2D eigenvalue weighted by Gasteiger charge is 2.56. The van der Waals surface area contributed by atoms with Gasteiger partial charge in [0.2, 0.25) is 0 Å². The van der Waals surface area contributed by atoms with Gasteiger partial charge in [0.15, 0.2) is 88.5 Å². The quantitative estimate of drug-likeness (QED) is 0.0292. The number of imidazole rings is 3. The Morgan fingerprint density at radius 2 is 0.789 bits per heavy atom. The molecule has 0 saturated carbocycles. The second-order valence-corrected chi connectivity index (χ2v) is 25.0. The molecule has 6 aliphatic rings. The first-order valence-electron chi connectivity index (χ1n) is 35.0. The summed E-state index contributed by atoms with van der Waals surface area (Å²) < 4.78 is 71.7. The van der Waals surface area contributed by atoms with Gasteiger partial charge in [-0.25, -0.2) is 68.8 Å². The van der Waals surface area contributed by atoms with Crippen LogP contribution in [0.5, 0.6) is 0 Å². The zero-order valence-corrected chi connectivity index (χ0v) is 58.8. The molecule has 9 N–H and O–H groups in total. The van der Waals surface area contributed by atoms with E-state index in [1.165, 1.54) is 31.6 Å². The second kappa shape index (κ2) is 35.5. The van der Waals surface area contributed by atoms with Gasteiger partial charge in [0.05, 0.1) is 38.3 Å². The van der Waals surface area contributed by atoms with Gasteiger partial charge in [0, 0.05) is 31.6 Å². The highest BCUT2D eigenvalue weighted by molar-refractivity contribution is 5.97. The molecule has 15 atom stereocenters. The number of urea groups is 3. The number of carboxylic acid groups (broad SMARTS) is 3. The Labute approximate surface area is 619 Å². The summed E-state index contributed by atoms with van der Waals surface area (Å²) >= 11 is 0. The van der Waals surface area contributed by atoms with Gasteiger partial charge in [-0.1, -0.05) is 103 Å². The third-order valence-electron chi connectivity index (χ3n) is 17.6.